The van der Waals surface area contributed by atoms with Crippen molar-refractivity contribution in [3.63, 3.8) is 0 Å². The van der Waals surface area contributed by atoms with Gasteiger partial charge < -0.3 is 4.74 Å². The highest BCUT2D eigenvalue weighted by Gasteiger charge is 2.24. The predicted octanol–water partition coefficient (Wildman–Crippen LogP) is 4.22. The molecule has 0 aromatic heterocycles. The molecule has 0 spiro atoms. The van der Waals surface area contributed by atoms with Gasteiger partial charge in [0, 0.05) is 17.7 Å². The van der Waals surface area contributed by atoms with E-state index in [1.165, 1.54) is 22.5 Å². The Hall–Kier alpha value is -1.80. The Morgan fingerprint density at radius 3 is 2.40 bits per heavy atom. The standard InChI is InChI=1S/C18H22NO/c1-14-6-8-16(9-7-14)19(2,3)17-10-11-18-15(13-17)5-4-12-20-18/h6-11,13H,4-5,12H2,1-3H3/q+1. The lowest BCUT2D eigenvalue weighted by molar-refractivity contribution is 0.288. The number of nitrogens with zero attached hydrogens (tertiary/aromatic N) is 1. The van der Waals surface area contributed by atoms with E-state index in [9.17, 15) is 0 Å². The summed E-state index contributed by atoms with van der Waals surface area (Å²) in [6.45, 7) is 2.97. The van der Waals surface area contributed by atoms with Crippen LogP contribution in [0.3, 0.4) is 0 Å². The lowest BCUT2D eigenvalue weighted by Gasteiger charge is -2.30. The first-order valence-electron chi connectivity index (χ1n) is 7.25. The van der Waals surface area contributed by atoms with Gasteiger partial charge in [-0.15, -0.1) is 0 Å². The van der Waals surface area contributed by atoms with E-state index in [-0.39, 0.29) is 0 Å². The molecular weight excluding hydrogens is 246 g/mol. The minimum atomic E-state index is 0.758. The van der Waals surface area contributed by atoms with E-state index in [1.807, 2.05) is 0 Å². The summed E-state index contributed by atoms with van der Waals surface area (Å²) in [7, 11) is 4.46. The summed E-state index contributed by atoms with van der Waals surface area (Å²) in [5, 5.41) is 0. The van der Waals surface area contributed by atoms with Crippen molar-refractivity contribution in [3.8, 4) is 5.75 Å². The topological polar surface area (TPSA) is 9.23 Å². The van der Waals surface area contributed by atoms with Crippen molar-refractivity contribution in [2.45, 2.75) is 19.8 Å². The van der Waals surface area contributed by atoms with Crippen LogP contribution >= 0.6 is 0 Å². The Balaban J connectivity index is 2.00. The van der Waals surface area contributed by atoms with Crippen LogP contribution in [0.4, 0.5) is 11.4 Å². The predicted molar refractivity (Wildman–Crippen MR) is 84.7 cm³/mol. The minimum Gasteiger partial charge on any atom is -0.493 e. The molecule has 3 rings (SSSR count). The third-order valence-electron chi connectivity index (χ3n) is 4.22. The summed E-state index contributed by atoms with van der Waals surface area (Å²) in [5.41, 5.74) is 5.24. The van der Waals surface area contributed by atoms with Crippen LogP contribution in [0.5, 0.6) is 5.75 Å². The maximum absolute atomic E-state index is 5.71. The molecule has 2 aromatic carbocycles. The largest absolute Gasteiger partial charge is 0.493 e. The van der Waals surface area contributed by atoms with E-state index < -0.39 is 0 Å². The quantitative estimate of drug-likeness (QED) is 0.741. The molecule has 0 atom stereocenters. The van der Waals surface area contributed by atoms with Gasteiger partial charge in [0.15, 0.2) is 0 Å². The monoisotopic (exact) mass is 268 g/mol. The van der Waals surface area contributed by atoms with Crippen molar-refractivity contribution < 1.29 is 4.74 Å². The highest BCUT2D eigenvalue weighted by Crippen LogP contribution is 2.35. The SMILES string of the molecule is Cc1ccc([N+](C)(C)c2ccc3c(c2)CCCO3)cc1. The van der Waals surface area contributed by atoms with Gasteiger partial charge in [0.25, 0.3) is 0 Å². The van der Waals surface area contributed by atoms with Crippen LogP contribution in [0.15, 0.2) is 42.5 Å². The minimum absolute atomic E-state index is 0.758. The van der Waals surface area contributed by atoms with E-state index in [2.05, 4.69) is 63.5 Å². The first-order valence-corrected chi connectivity index (χ1v) is 7.25. The Morgan fingerprint density at radius 1 is 0.950 bits per heavy atom. The average molecular weight is 268 g/mol. The van der Waals surface area contributed by atoms with Gasteiger partial charge in [-0.2, -0.15) is 0 Å². The van der Waals surface area contributed by atoms with E-state index in [4.69, 9.17) is 4.74 Å². The van der Waals surface area contributed by atoms with Crippen molar-refractivity contribution in [1.82, 2.24) is 4.48 Å². The molecule has 1 aliphatic rings. The van der Waals surface area contributed by atoms with E-state index in [0.29, 0.717) is 0 Å². The number of hydrogen-bond acceptors (Lipinski definition) is 1. The number of ether oxygens (including phenoxy) is 1. The molecule has 1 heterocycles. The fourth-order valence-corrected chi connectivity index (χ4v) is 2.76. The molecule has 0 saturated heterocycles. The van der Waals surface area contributed by atoms with E-state index >= 15 is 0 Å². The lowest BCUT2D eigenvalue weighted by atomic mass is 10.0. The van der Waals surface area contributed by atoms with Gasteiger partial charge >= 0.3 is 0 Å². The summed E-state index contributed by atoms with van der Waals surface area (Å²) in [5.74, 6) is 1.06. The number of fused-ring (bicyclic) bond motifs is 1. The molecule has 0 radical (unpaired) electrons. The third kappa shape index (κ3) is 2.32. The van der Waals surface area contributed by atoms with Crippen LogP contribution < -0.4 is 9.22 Å². The van der Waals surface area contributed by atoms with E-state index in [1.54, 1.807) is 0 Å². The number of rotatable bonds is 2. The highest BCUT2D eigenvalue weighted by molar-refractivity contribution is 5.60. The van der Waals surface area contributed by atoms with Crippen LogP contribution in [0.1, 0.15) is 17.5 Å². The molecule has 20 heavy (non-hydrogen) atoms. The molecule has 0 bridgehead atoms. The van der Waals surface area contributed by atoms with Gasteiger partial charge in [-0.05, 0) is 38.0 Å². The molecule has 2 heteroatoms. The number of hydrogen-bond donors (Lipinski definition) is 0. The Kier molecular flexibility index (Phi) is 3.27. The van der Waals surface area contributed by atoms with Crippen molar-refractivity contribution in [2.75, 3.05) is 20.7 Å². The van der Waals surface area contributed by atoms with Gasteiger partial charge in [0.1, 0.15) is 17.1 Å². The smallest absolute Gasteiger partial charge is 0.138 e. The van der Waals surface area contributed by atoms with Crippen LogP contribution in [0.2, 0.25) is 0 Å². The van der Waals surface area contributed by atoms with Crippen LogP contribution in [0, 0.1) is 6.92 Å². The summed E-state index contributed by atoms with van der Waals surface area (Å²) in [4.78, 5) is 0. The first-order chi connectivity index (χ1) is 9.57. The second kappa shape index (κ2) is 4.95. The number of benzene rings is 2. The van der Waals surface area contributed by atoms with Gasteiger partial charge in [-0.3, -0.25) is 4.48 Å². The first kappa shape index (κ1) is 13.2. The van der Waals surface area contributed by atoms with Gasteiger partial charge in [-0.1, -0.05) is 17.7 Å². The summed E-state index contributed by atoms with van der Waals surface area (Å²) in [6.07, 6.45) is 2.24. The zero-order valence-corrected chi connectivity index (χ0v) is 12.5. The van der Waals surface area contributed by atoms with Gasteiger partial charge in [0.2, 0.25) is 0 Å². The number of aryl methyl sites for hydroxylation is 2. The van der Waals surface area contributed by atoms with Crippen LogP contribution in [-0.2, 0) is 6.42 Å². The number of quaternary nitrogens is 1. The zero-order chi connectivity index (χ0) is 14.2. The second-order valence-electron chi connectivity index (χ2n) is 6.03. The van der Waals surface area contributed by atoms with E-state index in [0.717, 1.165) is 29.7 Å². The Labute approximate surface area is 121 Å². The maximum atomic E-state index is 5.71. The molecule has 0 N–H and O–H groups in total. The summed E-state index contributed by atoms with van der Waals surface area (Å²) < 4.78 is 6.46. The molecule has 0 saturated carbocycles. The second-order valence-corrected chi connectivity index (χ2v) is 6.03. The molecule has 0 fully saturated rings. The molecule has 2 aromatic rings. The van der Waals surface area contributed by atoms with Crippen molar-refractivity contribution in [1.29, 1.82) is 0 Å². The fraction of sp³-hybridized carbons (Fsp3) is 0.333. The fourth-order valence-electron chi connectivity index (χ4n) is 2.76. The van der Waals surface area contributed by atoms with Crippen molar-refractivity contribution in [3.05, 3.63) is 53.6 Å². The average Bonchev–Trinajstić information content (AvgIpc) is 2.47. The molecule has 1 aliphatic heterocycles. The zero-order valence-electron chi connectivity index (χ0n) is 12.5. The van der Waals surface area contributed by atoms with Crippen LogP contribution in [-0.4, -0.2) is 20.7 Å². The Bertz CT molecular complexity index is 614. The molecular formula is C18H22NO+. The summed E-state index contributed by atoms with van der Waals surface area (Å²) >= 11 is 0. The maximum Gasteiger partial charge on any atom is 0.138 e. The molecule has 0 aliphatic carbocycles. The molecule has 0 unspecified atom stereocenters. The molecule has 2 nitrogen and oxygen atoms in total. The summed E-state index contributed by atoms with van der Waals surface area (Å²) in [6, 6.07) is 15.4. The van der Waals surface area contributed by atoms with Gasteiger partial charge in [0.05, 0.1) is 20.7 Å². The highest BCUT2D eigenvalue weighted by atomic mass is 16.5. The van der Waals surface area contributed by atoms with Gasteiger partial charge in [-0.25, -0.2) is 0 Å². The third-order valence-corrected chi connectivity index (χ3v) is 4.22. The normalized spacial score (nSPS) is 14.6. The molecule has 104 valence electrons. The Morgan fingerprint density at radius 2 is 1.65 bits per heavy atom. The van der Waals surface area contributed by atoms with Crippen molar-refractivity contribution >= 4 is 11.4 Å². The lowest BCUT2D eigenvalue weighted by Crippen LogP contribution is -2.34. The van der Waals surface area contributed by atoms with Crippen molar-refractivity contribution in [2.24, 2.45) is 0 Å². The van der Waals surface area contributed by atoms with Crippen LogP contribution in [0.25, 0.3) is 0 Å². The molecule has 0 amide bonds.